The third-order valence-corrected chi connectivity index (χ3v) is 2.66. The largest absolute Gasteiger partial charge is 0.478 e. The molecule has 1 aromatic carbocycles. The van der Waals surface area contributed by atoms with E-state index < -0.39 is 18.6 Å². The summed E-state index contributed by atoms with van der Waals surface area (Å²) in [5.41, 5.74) is 0.564. The van der Waals surface area contributed by atoms with E-state index >= 15 is 0 Å². The predicted octanol–water partition coefficient (Wildman–Crippen LogP) is 3.29. The van der Waals surface area contributed by atoms with Crippen molar-refractivity contribution in [1.82, 2.24) is 4.57 Å². The molecule has 18 heavy (non-hydrogen) atoms. The molecule has 2 aromatic rings. The van der Waals surface area contributed by atoms with Gasteiger partial charge in [-0.1, -0.05) is 6.07 Å². The Morgan fingerprint density at radius 1 is 1.28 bits per heavy atom. The van der Waals surface area contributed by atoms with Crippen molar-refractivity contribution < 1.29 is 23.1 Å². The van der Waals surface area contributed by atoms with E-state index in [0.29, 0.717) is 5.52 Å². The van der Waals surface area contributed by atoms with E-state index in [9.17, 15) is 18.0 Å². The topological polar surface area (TPSA) is 42.2 Å². The maximum Gasteiger partial charge on any atom is 0.390 e. The van der Waals surface area contributed by atoms with Gasteiger partial charge < -0.3 is 9.67 Å². The number of aromatic carboxylic acids is 1. The summed E-state index contributed by atoms with van der Waals surface area (Å²) in [7, 11) is 0. The minimum Gasteiger partial charge on any atom is -0.478 e. The highest BCUT2D eigenvalue weighted by Crippen LogP contribution is 2.23. The van der Waals surface area contributed by atoms with Crippen LogP contribution in [0.5, 0.6) is 0 Å². The molecule has 0 unspecified atom stereocenters. The van der Waals surface area contributed by atoms with Crippen LogP contribution in [-0.4, -0.2) is 21.8 Å². The molecule has 0 saturated carbocycles. The quantitative estimate of drug-likeness (QED) is 0.916. The molecule has 96 valence electrons. The van der Waals surface area contributed by atoms with Crippen LogP contribution in [0.2, 0.25) is 0 Å². The zero-order valence-electron chi connectivity index (χ0n) is 9.24. The van der Waals surface area contributed by atoms with Gasteiger partial charge in [0.05, 0.1) is 12.0 Å². The van der Waals surface area contributed by atoms with E-state index in [0.717, 1.165) is 5.39 Å². The van der Waals surface area contributed by atoms with Crippen LogP contribution in [0, 0.1) is 0 Å². The highest BCUT2D eigenvalue weighted by Gasteiger charge is 2.26. The highest BCUT2D eigenvalue weighted by atomic mass is 19.4. The van der Waals surface area contributed by atoms with Gasteiger partial charge in [0.25, 0.3) is 0 Å². The van der Waals surface area contributed by atoms with Crippen molar-refractivity contribution in [2.24, 2.45) is 0 Å². The van der Waals surface area contributed by atoms with Gasteiger partial charge in [0.1, 0.15) is 0 Å². The van der Waals surface area contributed by atoms with Gasteiger partial charge >= 0.3 is 12.1 Å². The summed E-state index contributed by atoms with van der Waals surface area (Å²) in [5.74, 6) is -1.10. The molecule has 1 N–H and O–H groups in total. The summed E-state index contributed by atoms with van der Waals surface area (Å²) in [4.78, 5) is 10.8. The molecule has 0 atom stereocenters. The lowest BCUT2D eigenvalue weighted by atomic mass is 10.1. The van der Waals surface area contributed by atoms with E-state index in [4.69, 9.17) is 5.11 Å². The summed E-state index contributed by atoms with van der Waals surface area (Å²) in [6, 6.07) is 6.06. The van der Waals surface area contributed by atoms with Gasteiger partial charge in [-0.2, -0.15) is 13.2 Å². The Morgan fingerprint density at radius 3 is 2.61 bits per heavy atom. The molecule has 0 aliphatic heterocycles. The summed E-state index contributed by atoms with van der Waals surface area (Å²) in [6.07, 6.45) is -3.63. The lowest BCUT2D eigenvalue weighted by Gasteiger charge is -2.08. The number of hydrogen-bond acceptors (Lipinski definition) is 1. The van der Waals surface area contributed by atoms with Gasteiger partial charge in [0, 0.05) is 18.3 Å². The molecule has 2 rings (SSSR count). The lowest BCUT2D eigenvalue weighted by Crippen LogP contribution is -2.11. The first-order chi connectivity index (χ1) is 8.37. The predicted molar refractivity (Wildman–Crippen MR) is 59.6 cm³/mol. The Morgan fingerprint density at radius 2 is 2.00 bits per heavy atom. The highest BCUT2D eigenvalue weighted by molar-refractivity contribution is 5.93. The van der Waals surface area contributed by atoms with Crippen molar-refractivity contribution in [3.8, 4) is 0 Å². The Labute approximate surface area is 100 Å². The molecule has 6 heteroatoms. The second kappa shape index (κ2) is 4.36. The minimum atomic E-state index is -4.22. The molecule has 3 nitrogen and oxygen atoms in total. The number of carboxylic acids is 1. The summed E-state index contributed by atoms with van der Waals surface area (Å²) >= 11 is 0. The van der Waals surface area contributed by atoms with Crippen LogP contribution in [0.3, 0.4) is 0 Å². The number of nitrogens with zero attached hydrogens (tertiary/aromatic N) is 1. The van der Waals surface area contributed by atoms with Gasteiger partial charge in [-0.3, -0.25) is 0 Å². The van der Waals surface area contributed by atoms with Crippen molar-refractivity contribution in [3.63, 3.8) is 0 Å². The molecule has 0 radical (unpaired) electrons. The average Bonchev–Trinajstić information content (AvgIpc) is 2.67. The molecule has 1 heterocycles. The van der Waals surface area contributed by atoms with E-state index in [2.05, 4.69) is 0 Å². The van der Waals surface area contributed by atoms with Gasteiger partial charge in [-0.15, -0.1) is 0 Å². The third kappa shape index (κ3) is 2.64. The number of halogens is 3. The molecule has 0 fully saturated rings. The average molecular weight is 257 g/mol. The smallest absolute Gasteiger partial charge is 0.390 e. The van der Waals surface area contributed by atoms with Gasteiger partial charge in [0.15, 0.2) is 0 Å². The number of benzene rings is 1. The van der Waals surface area contributed by atoms with Crippen LogP contribution >= 0.6 is 0 Å². The summed E-state index contributed by atoms with van der Waals surface area (Å²) in [6.45, 7) is -0.212. The van der Waals surface area contributed by atoms with Crippen LogP contribution in [-0.2, 0) is 6.54 Å². The van der Waals surface area contributed by atoms with Gasteiger partial charge in [-0.05, 0) is 23.6 Å². The van der Waals surface area contributed by atoms with Crippen molar-refractivity contribution in [2.75, 3.05) is 0 Å². The zero-order valence-corrected chi connectivity index (χ0v) is 9.24. The lowest BCUT2D eigenvalue weighted by molar-refractivity contribution is -0.136. The maximum atomic E-state index is 12.1. The van der Waals surface area contributed by atoms with Crippen molar-refractivity contribution in [2.45, 2.75) is 19.1 Å². The first kappa shape index (κ1) is 12.5. The van der Waals surface area contributed by atoms with E-state index in [1.54, 1.807) is 12.1 Å². The molecular formula is C12H10F3NO2. The van der Waals surface area contributed by atoms with Crippen LogP contribution in [0.25, 0.3) is 10.9 Å². The minimum absolute atomic E-state index is 0.0643. The first-order valence-electron chi connectivity index (χ1n) is 5.26. The third-order valence-electron chi connectivity index (χ3n) is 2.66. The zero-order chi connectivity index (χ0) is 13.3. The monoisotopic (exact) mass is 257 g/mol. The van der Waals surface area contributed by atoms with Gasteiger partial charge in [0.2, 0.25) is 0 Å². The van der Waals surface area contributed by atoms with Crippen LogP contribution in [0.1, 0.15) is 16.8 Å². The van der Waals surface area contributed by atoms with E-state index in [-0.39, 0.29) is 12.1 Å². The fourth-order valence-electron chi connectivity index (χ4n) is 1.76. The molecule has 0 saturated heterocycles. The Bertz CT molecular complexity index is 587. The second-order valence-electron chi connectivity index (χ2n) is 3.95. The molecule has 0 aliphatic rings. The van der Waals surface area contributed by atoms with E-state index in [1.165, 1.54) is 22.9 Å². The molecule has 1 aromatic heterocycles. The number of aromatic nitrogens is 1. The summed E-state index contributed by atoms with van der Waals surface area (Å²) in [5, 5.41) is 9.57. The molecule has 0 bridgehead atoms. The number of hydrogen-bond donors (Lipinski definition) is 1. The van der Waals surface area contributed by atoms with Crippen LogP contribution in [0.4, 0.5) is 13.2 Å². The maximum absolute atomic E-state index is 12.1. The standard InChI is InChI=1S/C12H10F3NO2/c13-12(14,15)4-6-16-5-3-8-1-2-9(11(17)18)7-10(8)16/h1-3,5,7H,4,6H2,(H,17,18). The Hall–Kier alpha value is -1.98. The second-order valence-corrected chi connectivity index (χ2v) is 3.95. The molecule has 0 amide bonds. The van der Waals surface area contributed by atoms with Crippen molar-refractivity contribution in [1.29, 1.82) is 0 Å². The van der Waals surface area contributed by atoms with Crippen LogP contribution in [0.15, 0.2) is 30.5 Å². The summed E-state index contributed by atoms with van der Waals surface area (Å²) < 4.78 is 37.9. The Balaban J connectivity index is 2.33. The fraction of sp³-hybridized carbons (Fsp3) is 0.250. The molecule has 0 spiro atoms. The van der Waals surface area contributed by atoms with Crippen molar-refractivity contribution in [3.05, 3.63) is 36.0 Å². The van der Waals surface area contributed by atoms with Crippen molar-refractivity contribution >= 4 is 16.9 Å². The number of fused-ring (bicyclic) bond motifs is 1. The normalized spacial score (nSPS) is 11.9. The Kier molecular flexibility index (Phi) is 3.02. The number of alkyl halides is 3. The SMILES string of the molecule is O=C(O)c1ccc2ccn(CCC(F)(F)F)c2c1. The first-order valence-corrected chi connectivity index (χ1v) is 5.26. The number of aryl methyl sites for hydroxylation is 1. The fourth-order valence-corrected chi connectivity index (χ4v) is 1.76. The molecule has 0 aliphatic carbocycles. The number of rotatable bonds is 3. The van der Waals surface area contributed by atoms with Gasteiger partial charge in [-0.25, -0.2) is 4.79 Å². The number of carbonyl (C=O) groups is 1. The number of carboxylic acid groups (broad SMARTS) is 1. The van der Waals surface area contributed by atoms with E-state index in [1.807, 2.05) is 0 Å². The molecular weight excluding hydrogens is 247 g/mol. The van der Waals surface area contributed by atoms with Crippen LogP contribution < -0.4 is 0 Å².